The van der Waals surface area contributed by atoms with E-state index in [0.29, 0.717) is 10.8 Å². The van der Waals surface area contributed by atoms with Crippen molar-refractivity contribution in [1.29, 1.82) is 0 Å². The monoisotopic (exact) mass is 205 g/mol. The Morgan fingerprint density at radius 3 is 2.83 bits per heavy atom. The molecule has 0 unspecified atom stereocenters. The normalized spacial score (nSPS) is 11.8. The molecule has 0 fully saturated rings. The van der Waals surface area contributed by atoms with Gasteiger partial charge >= 0.3 is 0 Å². The first-order valence-electron chi connectivity index (χ1n) is 3.64. The third-order valence-electron chi connectivity index (χ3n) is 1.34. The highest BCUT2D eigenvalue weighted by Crippen LogP contribution is 2.16. The van der Waals surface area contributed by atoms with Crippen molar-refractivity contribution in [2.24, 2.45) is 0 Å². The van der Waals surface area contributed by atoms with Crippen LogP contribution in [0.4, 0.5) is 0 Å². The van der Waals surface area contributed by atoms with Gasteiger partial charge in [-0.25, -0.2) is 8.42 Å². The molecule has 0 saturated carbocycles. The molecule has 0 bridgehead atoms. The second-order valence-electron chi connectivity index (χ2n) is 2.29. The summed E-state index contributed by atoms with van der Waals surface area (Å²) < 4.78 is 23.2. The molecule has 0 amide bonds. The lowest BCUT2D eigenvalue weighted by Gasteiger charge is -2.00. The van der Waals surface area contributed by atoms with Crippen LogP contribution in [0.1, 0.15) is 6.92 Å². The lowest BCUT2D eigenvalue weighted by molar-refractivity contribution is 0.590. The van der Waals surface area contributed by atoms with Crippen LogP contribution in [0.5, 0.6) is 0 Å². The predicted molar refractivity (Wildman–Crippen MR) is 50.0 cm³/mol. The number of sulfone groups is 1. The maximum Gasteiger partial charge on any atom is 0.200 e. The summed E-state index contributed by atoms with van der Waals surface area (Å²) in [6, 6.07) is 3.36. The molecule has 0 aliphatic carbocycles. The minimum Gasteiger partial charge on any atom is -0.304 e. The van der Waals surface area contributed by atoms with Crippen LogP contribution < -0.4 is 5.32 Å². The van der Waals surface area contributed by atoms with Crippen molar-refractivity contribution in [3.05, 3.63) is 17.5 Å². The molecule has 1 rings (SSSR count). The summed E-state index contributed by atoms with van der Waals surface area (Å²) in [5.41, 5.74) is 0. The Hall–Kier alpha value is -0.390. The van der Waals surface area contributed by atoms with E-state index in [1.807, 2.05) is 6.92 Å². The van der Waals surface area contributed by atoms with Crippen LogP contribution in [0.3, 0.4) is 0 Å². The predicted octanol–water partition coefficient (Wildman–Crippen LogP) is 1.09. The van der Waals surface area contributed by atoms with Crippen molar-refractivity contribution in [1.82, 2.24) is 5.32 Å². The molecule has 5 heteroatoms. The molecule has 0 aromatic carbocycles. The molecular weight excluding hydrogens is 194 g/mol. The van der Waals surface area contributed by atoms with Gasteiger partial charge in [-0.2, -0.15) is 0 Å². The second-order valence-corrected chi connectivity index (χ2v) is 5.46. The van der Waals surface area contributed by atoms with Gasteiger partial charge in [0.1, 0.15) is 10.1 Å². The third-order valence-corrected chi connectivity index (χ3v) is 4.39. The zero-order valence-electron chi connectivity index (χ0n) is 6.78. The van der Waals surface area contributed by atoms with Gasteiger partial charge in [0.2, 0.25) is 9.84 Å². The van der Waals surface area contributed by atoms with Crippen LogP contribution in [0.2, 0.25) is 0 Å². The van der Waals surface area contributed by atoms with Gasteiger partial charge < -0.3 is 5.32 Å². The van der Waals surface area contributed by atoms with Crippen LogP contribution >= 0.6 is 11.3 Å². The van der Waals surface area contributed by atoms with Crippen LogP contribution in [0.25, 0.3) is 0 Å². The van der Waals surface area contributed by atoms with Crippen LogP contribution in [0.15, 0.2) is 21.7 Å². The Morgan fingerprint density at radius 1 is 1.58 bits per heavy atom. The minimum absolute atomic E-state index is 0.0318. The highest BCUT2D eigenvalue weighted by atomic mass is 32.2. The summed E-state index contributed by atoms with van der Waals surface area (Å²) in [5, 5.41) is 4.56. The molecule has 0 saturated heterocycles. The van der Waals surface area contributed by atoms with E-state index in [2.05, 4.69) is 5.32 Å². The molecule has 0 aliphatic heterocycles. The summed E-state index contributed by atoms with van der Waals surface area (Å²) in [7, 11) is -3.07. The van der Waals surface area contributed by atoms with E-state index >= 15 is 0 Å². The molecule has 0 spiro atoms. The van der Waals surface area contributed by atoms with Gasteiger partial charge in [0.05, 0.1) is 0 Å². The molecule has 0 atom stereocenters. The van der Waals surface area contributed by atoms with Gasteiger partial charge in [0, 0.05) is 0 Å². The first kappa shape index (κ1) is 9.70. The summed E-state index contributed by atoms with van der Waals surface area (Å²) in [6.45, 7) is 2.55. The standard InChI is InChI=1S/C7H11NO2S2/c1-2-8-6-12(9,10)7-4-3-5-11-7/h3-5,8H,2,6H2,1H3. The van der Waals surface area contributed by atoms with Crippen molar-refractivity contribution in [2.75, 3.05) is 12.4 Å². The van der Waals surface area contributed by atoms with E-state index in [4.69, 9.17) is 0 Å². The fraction of sp³-hybridized carbons (Fsp3) is 0.429. The molecule has 1 N–H and O–H groups in total. The maximum absolute atomic E-state index is 11.4. The van der Waals surface area contributed by atoms with Gasteiger partial charge in [-0.1, -0.05) is 13.0 Å². The Bertz CT molecular complexity index is 315. The summed E-state index contributed by atoms with van der Waals surface area (Å²) >= 11 is 1.25. The molecular formula is C7H11NO2S2. The molecule has 0 radical (unpaired) electrons. The third kappa shape index (κ3) is 2.30. The van der Waals surface area contributed by atoms with Gasteiger partial charge in [-0.05, 0) is 18.0 Å². The van der Waals surface area contributed by atoms with E-state index in [0.717, 1.165) is 0 Å². The zero-order chi connectivity index (χ0) is 9.03. The number of rotatable bonds is 4. The van der Waals surface area contributed by atoms with E-state index in [1.54, 1.807) is 17.5 Å². The van der Waals surface area contributed by atoms with Crippen molar-refractivity contribution >= 4 is 21.2 Å². The lowest BCUT2D eigenvalue weighted by Crippen LogP contribution is -2.22. The van der Waals surface area contributed by atoms with E-state index in [9.17, 15) is 8.42 Å². The quantitative estimate of drug-likeness (QED) is 0.800. The van der Waals surface area contributed by atoms with Gasteiger partial charge in [0.25, 0.3) is 0 Å². The Kier molecular flexibility index (Phi) is 3.25. The second kappa shape index (κ2) is 4.02. The molecule has 68 valence electrons. The van der Waals surface area contributed by atoms with Crippen LogP contribution in [-0.2, 0) is 9.84 Å². The zero-order valence-corrected chi connectivity index (χ0v) is 8.41. The van der Waals surface area contributed by atoms with Crippen molar-refractivity contribution in [2.45, 2.75) is 11.1 Å². The first-order chi connectivity index (χ1) is 5.67. The number of thiophene rings is 1. The lowest BCUT2D eigenvalue weighted by atomic mass is 10.7. The summed E-state index contributed by atoms with van der Waals surface area (Å²) in [5.74, 6) is 0.0318. The largest absolute Gasteiger partial charge is 0.304 e. The van der Waals surface area contributed by atoms with E-state index in [-0.39, 0.29) is 5.88 Å². The van der Waals surface area contributed by atoms with Gasteiger partial charge in [-0.15, -0.1) is 11.3 Å². The molecule has 0 aliphatic rings. The summed E-state index contributed by atoms with van der Waals surface area (Å²) in [6.07, 6.45) is 0. The van der Waals surface area contributed by atoms with Gasteiger partial charge in [-0.3, -0.25) is 0 Å². The average Bonchev–Trinajstić information content (AvgIpc) is 2.53. The Morgan fingerprint density at radius 2 is 2.33 bits per heavy atom. The Balaban J connectivity index is 2.74. The highest BCUT2D eigenvalue weighted by Gasteiger charge is 2.13. The van der Waals surface area contributed by atoms with E-state index < -0.39 is 9.84 Å². The fourth-order valence-corrected chi connectivity index (χ4v) is 3.03. The summed E-state index contributed by atoms with van der Waals surface area (Å²) in [4.78, 5) is 0. The molecule has 1 heterocycles. The molecule has 3 nitrogen and oxygen atoms in total. The van der Waals surface area contributed by atoms with Crippen LogP contribution in [-0.4, -0.2) is 20.8 Å². The molecule has 1 aromatic rings. The number of hydrogen-bond donors (Lipinski definition) is 1. The minimum atomic E-state index is -3.07. The smallest absolute Gasteiger partial charge is 0.200 e. The number of nitrogens with one attached hydrogen (secondary N) is 1. The first-order valence-corrected chi connectivity index (χ1v) is 6.17. The van der Waals surface area contributed by atoms with Crippen molar-refractivity contribution < 1.29 is 8.42 Å². The molecule has 12 heavy (non-hydrogen) atoms. The molecule has 1 aromatic heterocycles. The highest BCUT2D eigenvalue weighted by molar-refractivity contribution is 7.93. The van der Waals surface area contributed by atoms with E-state index in [1.165, 1.54) is 11.3 Å². The van der Waals surface area contributed by atoms with Crippen molar-refractivity contribution in [3.63, 3.8) is 0 Å². The van der Waals surface area contributed by atoms with Crippen LogP contribution in [0, 0.1) is 0 Å². The average molecular weight is 205 g/mol. The number of hydrogen-bond acceptors (Lipinski definition) is 4. The SMILES string of the molecule is CCNCS(=O)(=O)c1cccs1. The van der Waals surface area contributed by atoms with Gasteiger partial charge in [0.15, 0.2) is 0 Å². The Labute approximate surface area is 76.3 Å². The maximum atomic E-state index is 11.4. The van der Waals surface area contributed by atoms with Crippen molar-refractivity contribution in [3.8, 4) is 0 Å². The topological polar surface area (TPSA) is 46.2 Å². The fourth-order valence-electron chi connectivity index (χ4n) is 0.748.